The molecule has 2 aromatic rings. The van der Waals surface area contributed by atoms with Gasteiger partial charge < -0.3 is 5.73 Å². The van der Waals surface area contributed by atoms with Gasteiger partial charge in [0.2, 0.25) is 0 Å². The molecule has 0 spiro atoms. The highest BCUT2D eigenvalue weighted by Gasteiger charge is 2.03. The number of aryl methyl sites for hydroxylation is 1. The van der Waals surface area contributed by atoms with Gasteiger partial charge in [-0.1, -0.05) is 0 Å². The first-order chi connectivity index (χ1) is 5.77. The van der Waals surface area contributed by atoms with Crippen molar-refractivity contribution in [2.45, 2.75) is 0 Å². The second-order valence-corrected chi connectivity index (χ2v) is 3.37. The minimum absolute atomic E-state index is 0.691. The molecule has 2 aromatic heterocycles. The van der Waals surface area contributed by atoms with E-state index in [-0.39, 0.29) is 0 Å². The number of rotatable bonds is 1. The van der Waals surface area contributed by atoms with Gasteiger partial charge in [0.15, 0.2) is 0 Å². The Labute approximate surface area is 74.4 Å². The third kappa shape index (κ3) is 1.10. The Kier molecular flexibility index (Phi) is 1.62. The van der Waals surface area contributed by atoms with E-state index in [2.05, 4.69) is 10.5 Å². The van der Waals surface area contributed by atoms with Crippen LogP contribution in [0, 0.1) is 0 Å². The molecule has 0 bridgehead atoms. The molecule has 0 aromatic carbocycles. The zero-order valence-corrected chi connectivity index (χ0v) is 7.51. The first kappa shape index (κ1) is 7.36. The normalized spacial score (nSPS) is 10.4. The fraction of sp³-hybridized carbons (Fsp3) is 0.125. The van der Waals surface area contributed by atoms with Gasteiger partial charge in [-0.25, -0.2) is 0 Å². The van der Waals surface area contributed by atoms with Crippen LogP contribution < -0.4 is 5.73 Å². The Hall–Kier alpha value is -1.29. The van der Waals surface area contributed by atoms with E-state index < -0.39 is 0 Å². The number of hydrogen-bond acceptors (Lipinski definition) is 3. The van der Waals surface area contributed by atoms with Crippen molar-refractivity contribution in [2.24, 2.45) is 7.05 Å². The molecule has 0 atom stereocenters. The van der Waals surface area contributed by atoms with Crippen LogP contribution in [0.1, 0.15) is 0 Å². The molecule has 0 amide bonds. The minimum Gasteiger partial charge on any atom is -0.384 e. The molecule has 0 radical (unpaired) electrons. The largest absolute Gasteiger partial charge is 0.384 e. The van der Waals surface area contributed by atoms with E-state index in [4.69, 9.17) is 5.73 Å². The Morgan fingerprint density at radius 1 is 1.58 bits per heavy atom. The van der Waals surface area contributed by atoms with Crippen molar-refractivity contribution >= 4 is 17.2 Å². The summed E-state index contributed by atoms with van der Waals surface area (Å²) in [5.41, 5.74) is 7.72. The molecule has 2 rings (SSSR count). The minimum atomic E-state index is 0.691. The summed E-state index contributed by atoms with van der Waals surface area (Å²) in [7, 11) is 1.84. The molecule has 0 saturated carbocycles. The maximum absolute atomic E-state index is 5.65. The summed E-state index contributed by atoms with van der Waals surface area (Å²) < 4.78 is 1.67. The molecule has 0 aliphatic carbocycles. The molecular formula is C8H9N3S. The average Bonchev–Trinajstić information content (AvgIpc) is 2.61. The molecule has 0 fully saturated rings. The molecule has 0 aliphatic heterocycles. The van der Waals surface area contributed by atoms with E-state index in [1.165, 1.54) is 0 Å². The van der Waals surface area contributed by atoms with E-state index in [0.29, 0.717) is 5.82 Å². The average molecular weight is 179 g/mol. The zero-order valence-electron chi connectivity index (χ0n) is 6.69. The highest BCUT2D eigenvalue weighted by molar-refractivity contribution is 7.08. The maximum Gasteiger partial charge on any atom is 0.121 e. The predicted octanol–water partition coefficient (Wildman–Crippen LogP) is 1.73. The van der Waals surface area contributed by atoms with Crippen LogP contribution in [0.25, 0.3) is 11.3 Å². The van der Waals surface area contributed by atoms with Crippen LogP contribution >= 0.6 is 11.3 Å². The van der Waals surface area contributed by atoms with Crippen LogP contribution in [0.3, 0.4) is 0 Å². The topological polar surface area (TPSA) is 43.8 Å². The zero-order chi connectivity index (χ0) is 8.55. The van der Waals surface area contributed by atoms with Crippen LogP contribution in [0.5, 0.6) is 0 Å². The van der Waals surface area contributed by atoms with E-state index in [9.17, 15) is 0 Å². The van der Waals surface area contributed by atoms with Gasteiger partial charge in [-0.15, -0.1) is 0 Å². The van der Waals surface area contributed by atoms with Gasteiger partial charge in [0.05, 0.1) is 5.69 Å². The number of nitrogens with two attached hydrogens (primary N) is 1. The van der Waals surface area contributed by atoms with E-state index in [0.717, 1.165) is 11.3 Å². The quantitative estimate of drug-likeness (QED) is 0.724. The lowest BCUT2D eigenvalue weighted by atomic mass is 10.2. The molecule has 0 saturated heterocycles. The molecule has 62 valence electrons. The molecule has 2 N–H and O–H groups in total. The smallest absolute Gasteiger partial charge is 0.121 e. The number of nitrogen functional groups attached to an aromatic ring is 1. The first-order valence-corrected chi connectivity index (χ1v) is 4.54. The number of anilines is 1. The fourth-order valence-corrected chi connectivity index (χ4v) is 1.68. The van der Waals surface area contributed by atoms with Crippen LogP contribution in [-0.2, 0) is 7.05 Å². The van der Waals surface area contributed by atoms with Crippen molar-refractivity contribution < 1.29 is 0 Å². The maximum atomic E-state index is 5.65. The van der Waals surface area contributed by atoms with Crippen LogP contribution in [0.4, 0.5) is 5.82 Å². The second kappa shape index (κ2) is 2.64. The first-order valence-electron chi connectivity index (χ1n) is 3.59. The number of hydrogen-bond donors (Lipinski definition) is 1. The molecule has 3 nitrogen and oxygen atoms in total. The van der Waals surface area contributed by atoms with E-state index >= 15 is 0 Å². The number of nitrogens with zero attached hydrogens (tertiary/aromatic N) is 2. The van der Waals surface area contributed by atoms with Gasteiger partial charge in [0, 0.05) is 24.1 Å². The fourth-order valence-electron chi connectivity index (χ4n) is 1.03. The Bertz CT molecular complexity index is 355. The van der Waals surface area contributed by atoms with Crippen LogP contribution in [-0.4, -0.2) is 9.78 Å². The van der Waals surface area contributed by atoms with Crippen molar-refractivity contribution in [3.05, 3.63) is 22.9 Å². The summed E-state index contributed by atoms with van der Waals surface area (Å²) in [4.78, 5) is 0. The summed E-state index contributed by atoms with van der Waals surface area (Å²) in [6, 6.07) is 3.91. The van der Waals surface area contributed by atoms with Crippen LogP contribution in [0.15, 0.2) is 22.9 Å². The van der Waals surface area contributed by atoms with Crippen molar-refractivity contribution in [3.63, 3.8) is 0 Å². The molecular weight excluding hydrogens is 170 g/mol. The SMILES string of the molecule is Cn1nc(-c2ccsc2)cc1N. The number of thiophene rings is 1. The van der Waals surface area contributed by atoms with Gasteiger partial charge in [0.25, 0.3) is 0 Å². The van der Waals surface area contributed by atoms with Crippen molar-refractivity contribution in [3.8, 4) is 11.3 Å². The highest BCUT2D eigenvalue weighted by atomic mass is 32.1. The van der Waals surface area contributed by atoms with Crippen molar-refractivity contribution in [2.75, 3.05) is 5.73 Å². The lowest BCUT2D eigenvalue weighted by molar-refractivity contribution is 0.782. The molecule has 12 heavy (non-hydrogen) atoms. The third-order valence-electron chi connectivity index (χ3n) is 1.73. The molecule has 4 heteroatoms. The van der Waals surface area contributed by atoms with Gasteiger partial charge in [-0.2, -0.15) is 16.4 Å². The Morgan fingerprint density at radius 2 is 2.42 bits per heavy atom. The van der Waals surface area contributed by atoms with Crippen LogP contribution in [0.2, 0.25) is 0 Å². The summed E-state index contributed by atoms with van der Waals surface area (Å²) in [5, 5.41) is 8.34. The molecule has 0 unspecified atom stereocenters. The standard InChI is InChI=1S/C8H9N3S/c1-11-8(9)4-7(10-11)6-2-3-12-5-6/h2-5H,9H2,1H3. The van der Waals surface area contributed by atoms with Gasteiger partial charge in [-0.05, 0) is 11.4 Å². The lowest BCUT2D eigenvalue weighted by Gasteiger charge is -1.89. The van der Waals surface area contributed by atoms with Gasteiger partial charge in [-0.3, -0.25) is 4.68 Å². The summed E-state index contributed by atoms with van der Waals surface area (Å²) >= 11 is 1.66. The van der Waals surface area contributed by atoms with Gasteiger partial charge >= 0.3 is 0 Å². The lowest BCUT2D eigenvalue weighted by Crippen LogP contribution is -1.96. The summed E-state index contributed by atoms with van der Waals surface area (Å²) in [6.45, 7) is 0. The number of aromatic nitrogens is 2. The van der Waals surface area contributed by atoms with E-state index in [1.54, 1.807) is 16.0 Å². The van der Waals surface area contributed by atoms with Crippen molar-refractivity contribution in [1.29, 1.82) is 0 Å². The molecule has 0 aliphatic rings. The highest BCUT2D eigenvalue weighted by Crippen LogP contribution is 2.21. The Balaban J connectivity index is 2.48. The third-order valence-corrected chi connectivity index (χ3v) is 2.42. The predicted molar refractivity (Wildman–Crippen MR) is 50.9 cm³/mol. The van der Waals surface area contributed by atoms with Crippen molar-refractivity contribution in [1.82, 2.24) is 9.78 Å². The Morgan fingerprint density at radius 3 is 2.92 bits per heavy atom. The van der Waals surface area contributed by atoms with Gasteiger partial charge in [0.1, 0.15) is 5.82 Å². The summed E-state index contributed by atoms with van der Waals surface area (Å²) in [5.74, 6) is 0.691. The monoisotopic (exact) mass is 179 g/mol. The second-order valence-electron chi connectivity index (χ2n) is 2.59. The van der Waals surface area contributed by atoms with E-state index in [1.807, 2.05) is 24.6 Å². The summed E-state index contributed by atoms with van der Waals surface area (Å²) in [6.07, 6.45) is 0. The molecule has 2 heterocycles.